The van der Waals surface area contributed by atoms with Crippen molar-refractivity contribution in [2.75, 3.05) is 0 Å². The van der Waals surface area contributed by atoms with Crippen molar-refractivity contribution in [1.82, 2.24) is 0 Å². The first-order chi connectivity index (χ1) is 24.5. The van der Waals surface area contributed by atoms with Crippen LogP contribution in [0.25, 0.3) is 0 Å². The minimum Gasteiger partial charge on any atom is -0.507 e. The molecule has 0 aliphatic heterocycles. The summed E-state index contributed by atoms with van der Waals surface area (Å²) < 4.78 is 0. The zero-order chi connectivity index (χ0) is 37.9. The number of phenols is 4. The van der Waals surface area contributed by atoms with Crippen LogP contribution in [0.2, 0.25) is 0 Å². The first-order valence-corrected chi connectivity index (χ1v) is 19.7. The molecule has 4 N–H and O–H groups in total. The SMILES string of the molecule is CCC(C)(C1CCC(c2cc(C)c(O)c(C)c2)(c2cc(C)c(O)c(C)c2)CC1)C1CCC(c2cc(C)c(O)c(C)c2)(c2cc(C)c(O)c(C)c2)CC1. The Bertz CT molecular complexity index is 1630. The van der Waals surface area contributed by atoms with Gasteiger partial charge < -0.3 is 20.4 Å². The van der Waals surface area contributed by atoms with E-state index < -0.39 is 0 Å². The molecule has 0 heterocycles. The highest BCUT2D eigenvalue weighted by Crippen LogP contribution is 2.59. The minimum absolute atomic E-state index is 0.178. The van der Waals surface area contributed by atoms with Gasteiger partial charge >= 0.3 is 0 Å². The summed E-state index contributed by atoms with van der Waals surface area (Å²) in [6, 6.07) is 17.7. The number of phenolic OH excluding ortho intramolecular Hbond substituents is 4. The van der Waals surface area contributed by atoms with Crippen LogP contribution in [-0.2, 0) is 10.8 Å². The van der Waals surface area contributed by atoms with Crippen LogP contribution in [0, 0.1) is 72.6 Å². The number of aromatic hydroxyl groups is 4. The van der Waals surface area contributed by atoms with Gasteiger partial charge in [-0.15, -0.1) is 0 Å². The summed E-state index contributed by atoms with van der Waals surface area (Å²) in [5.74, 6) is 2.72. The van der Waals surface area contributed by atoms with Crippen LogP contribution >= 0.6 is 0 Å². The van der Waals surface area contributed by atoms with Gasteiger partial charge in [-0.1, -0.05) is 68.8 Å². The molecule has 0 bridgehead atoms. The lowest BCUT2D eigenvalue weighted by Gasteiger charge is -2.53. The van der Waals surface area contributed by atoms with Crippen LogP contribution in [-0.4, -0.2) is 20.4 Å². The lowest BCUT2D eigenvalue weighted by Crippen LogP contribution is -2.44. The predicted octanol–water partition coefficient (Wildman–Crippen LogP) is 12.0. The zero-order valence-corrected chi connectivity index (χ0v) is 33.4. The summed E-state index contributed by atoms with van der Waals surface area (Å²) >= 11 is 0. The summed E-state index contributed by atoms with van der Waals surface area (Å²) in [6.45, 7) is 21.1. The van der Waals surface area contributed by atoms with Crippen LogP contribution in [0.3, 0.4) is 0 Å². The molecule has 0 saturated heterocycles. The molecule has 4 nitrogen and oxygen atoms in total. The second-order valence-electron chi connectivity index (χ2n) is 17.4. The molecule has 2 aliphatic carbocycles. The van der Waals surface area contributed by atoms with Crippen molar-refractivity contribution < 1.29 is 20.4 Å². The fraction of sp³-hybridized carbons (Fsp3) is 0.500. The van der Waals surface area contributed by atoms with E-state index in [9.17, 15) is 20.4 Å². The topological polar surface area (TPSA) is 80.9 Å². The van der Waals surface area contributed by atoms with Gasteiger partial charge in [-0.25, -0.2) is 0 Å². The molecule has 2 saturated carbocycles. The third-order valence-electron chi connectivity index (χ3n) is 14.5. The normalized spacial score (nSPS) is 18.1. The Kier molecular flexibility index (Phi) is 10.0. The van der Waals surface area contributed by atoms with Gasteiger partial charge in [-0.05, 0) is 191 Å². The lowest BCUT2D eigenvalue weighted by molar-refractivity contribution is 0.0169. The molecule has 4 heteroatoms. The molecule has 0 aromatic heterocycles. The highest BCUT2D eigenvalue weighted by molar-refractivity contribution is 5.54. The fourth-order valence-corrected chi connectivity index (χ4v) is 10.9. The Morgan fingerprint density at radius 1 is 0.442 bits per heavy atom. The first-order valence-electron chi connectivity index (χ1n) is 19.7. The molecule has 0 unspecified atom stereocenters. The van der Waals surface area contributed by atoms with Crippen LogP contribution in [0.1, 0.15) is 138 Å². The summed E-state index contributed by atoms with van der Waals surface area (Å²) in [6.07, 6.45) is 9.84. The van der Waals surface area contributed by atoms with Crippen molar-refractivity contribution in [3.63, 3.8) is 0 Å². The zero-order valence-electron chi connectivity index (χ0n) is 33.4. The van der Waals surface area contributed by atoms with Gasteiger partial charge in [0, 0.05) is 10.8 Å². The van der Waals surface area contributed by atoms with Crippen molar-refractivity contribution in [3.8, 4) is 23.0 Å². The average Bonchev–Trinajstić information content (AvgIpc) is 3.12. The van der Waals surface area contributed by atoms with Gasteiger partial charge in [0.2, 0.25) is 0 Å². The quantitative estimate of drug-likeness (QED) is 0.155. The fourth-order valence-electron chi connectivity index (χ4n) is 10.9. The standard InChI is InChI=1S/C48H62O4/c1-11-46(10,36-12-16-47(17-13-36,38-20-28(2)42(49)29(3)21-38)39-22-30(4)43(50)31(5)23-39)37-14-18-48(19-15-37,40-24-32(6)44(51)33(7)25-40)41-26-34(8)45(52)35(9)27-41/h20-27,36-37,49-52H,11-19H2,1-10H3. The molecule has 0 amide bonds. The van der Waals surface area contributed by atoms with E-state index in [1.165, 1.54) is 22.3 Å². The number of hydrogen-bond donors (Lipinski definition) is 4. The molecule has 0 spiro atoms. The Labute approximate surface area is 313 Å². The third-order valence-corrected chi connectivity index (χ3v) is 14.5. The van der Waals surface area contributed by atoms with Gasteiger partial charge in [0.1, 0.15) is 23.0 Å². The van der Waals surface area contributed by atoms with Crippen molar-refractivity contribution in [2.45, 2.75) is 138 Å². The summed E-state index contributed by atoms with van der Waals surface area (Å²) in [7, 11) is 0. The van der Waals surface area contributed by atoms with Crippen molar-refractivity contribution >= 4 is 0 Å². The summed E-state index contributed by atoms with van der Waals surface area (Å²) in [4.78, 5) is 0. The maximum atomic E-state index is 10.7. The lowest BCUT2D eigenvalue weighted by atomic mass is 9.51. The maximum absolute atomic E-state index is 10.7. The molecule has 2 aliphatic rings. The van der Waals surface area contributed by atoms with E-state index in [0.29, 0.717) is 34.8 Å². The van der Waals surface area contributed by atoms with Crippen molar-refractivity contribution in [2.24, 2.45) is 17.3 Å². The van der Waals surface area contributed by atoms with E-state index in [2.05, 4.69) is 62.4 Å². The molecule has 0 radical (unpaired) electrons. The monoisotopic (exact) mass is 702 g/mol. The van der Waals surface area contributed by atoms with E-state index >= 15 is 0 Å². The van der Waals surface area contributed by atoms with Crippen LogP contribution in [0.4, 0.5) is 0 Å². The van der Waals surface area contributed by atoms with E-state index in [1.807, 2.05) is 55.4 Å². The van der Waals surface area contributed by atoms with E-state index in [1.54, 1.807) is 0 Å². The van der Waals surface area contributed by atoms with Gasteiger partial charge in [0.15, 0.2) is 0 Å². The summed E-state index contributed by atoms with van der Waals surface area (Å²) in [5, 5.41) is 43.0. The summed E-state index contributed by atoms with van der Waals surface area (Å²) in [5.41, 5.74) is 12.3. The average molecular weight is 703 g/mol. The minimum atomic E-state index is -0.178. The molecule has 2 fully saturated rings. The highest BCUT2D eigenvalue weighted by atomic mass is 16.3. The third kappa shape index (κ3) is 6.18. The van der Waals surface area contributed by atoms with E-state index in [0.717, 1.165) is 102 Å². The predicted molar refractivity (Wildman–Crippen MR) is 214 cm³/mol. The smallest absolute Gasteiger partial charge is 0.121 e. The van der Waals surface area contributed by atoms with E-state index in [4.69, 9.17) is 0 Å². The molecular formula is C48H62O4. The Balaban J connectivity index is 1.33. The van der Waals surface area contributed by atoms with Crippen molar-refractivity contribution in [1.29, 1.82) is 0 Å². The first kappa shape index (κ1) is 37.8. The number of aryl methyl sites for hydroxylation is 8. The van der Waals surface area contributed by atoms with Crippen LogP contribution in [0.5, 0.6) is 23.0 Å². The van der Waals surface area contributed by atoms with Crippen LogP contribution < -0.4 is 0 Å². The van der Waals surface area contributed by atoms with Gasteiger partial charge in [0.25, 0.3) is 0 Å². The van der Waals surface area contributed by atoms with Gasteiger partial charge in [-0.2, -0.15) is 0 Å². The molecule has 278 valence electrons. The molecular weight excluding hydrogens is 641 g/mol. The molecule has 4 aromatic rings. The number of rotatable bonds is 7. The molecule has 52 heavy (non-hydrogen) atoms. The van der Waals surface area contributed by atoms with Gasteiger partial charge in [-0.3, -0.25) is 0 Å². The highest BCUT2D eigenvalue weighted by Gasteiger charge is 2.49. The van der Waals surface area contributed by atoms with Crippen LogP contribution in [0.15, 0.2) is 48.5 Å². The Hall–Kier alpha value is -3.92. The Morgan fingerprint density at radius 2 is 0.635 bits per heavy atom. The maximum Gasteiger partial charge on any atom is 0.121 e. The van der Waals surface area contributed by atoms with Crippen molar-refractivity contribution in [3.05, 3.63) is 115 Å². The Morgan fingerprint density at radius 3 is 0.808 bits per heavy atom. The number of hydrogen-bond acceptors (Lipinski definition) is 4. The molecule has 0 atom stereocenters. The van der Waals surface area contributed by atoms with Gasteiger partial charge in [0.05, 0.1) is 0 Å². The second kappa shape index (κ2) is 13.8. The molecule has 4 aromatic carbocycles. The number of benzene rings is 4. The molecule has 6 rings (SSSR count). The second-order valence-corrected chi connectivity index (χ2v) is 17.4. The van der Waals surface area contributed by atoms with E-state index in [-0.39, 0.29) is 16.2 Å². The largest absolute Gasteiger partial charge is 0.507 e.